The standard InChI is InChI=1S/C25H37N5O5/c1-24(2,3)35-23(34)30-11-4-8-25(30)9-12-29(22(25)33)19(13-16-5-6-16)21(32)28-18(15-26)14-17-7-10-27-20(17)31/h16-19H,4-14H2,1-3H3,(H,27,31)(H,28,32)/t17-,18-,19+,25-/m0/s1. The fourth-order valence-electron chi connectivity index (χ4n) is 5.63. The van der Waals surface area contributed by atoms with Crippen molar-refractivity contribution in [3.05, 3.63) is 0 Å². The molecule has 0 radical (unpaired) electrons. The minimum atomic E-state index is -0.971. The molecule has 2 N–H and O–H groups in total. The number of rotatable bonds is 7. The van der Waals surface area contributed by atoms with Crippen LogP contribution in [0.25, 0.3) is 0 Å². The first-order valence-electron chi connectivity index (χ1n) is 12.8. The van der Waals surface area contributed by atoms with Crippen LogP contribution in [0.4, 0.5) is 4.79 Å². The molecule has 10 heteroatoms. The van der Waals surface area contributed by atoms with Crippen LogP contribution in [0.2, 0.25) is 0 Å². The summed E-state index contributed by atoms with van der Waals surface area (Å²) in [6.45, 7) is 6.81. The molecule has 0 aromatic rings. The van der Waals surface area contributed by atoms with Crippen LogP contribution in [0, 0.1) is 23.2 Å². The molecular weight excluding hydrogens is 450 g/mol. The molecule has 3 aliphatic heterocycles. The van der Waals surface area contributed by atoms with Crippen LogP contribution >= 0.6 is 0 Å². The zero-order valence-corrected chi connectivity index (χ0v) is 21.0. The molecule has 4 atom stereocenters. The Bertz CT molecular complexity index is 920. The van der Waals surface area contributed by atoms with Crippen LogP contribution in [0.5, 0.6) is 0 Å². The van der Waals surface area contributed by atoms with E-state index in [0.717, 1.165) is 12.8 Å². The number of nitrogens with zero attached hydrogens (tertiary/aromatic N) is 3. The number of nitriles is 1. The number of ether oxygens (including phenoxy) is 1. The van der Waals surface area contributed by atoms with Crippen LogP contribution in [-0.4, -0.2) is 76.5 Å². The molecule has 1 spiro atoms. The van der Waals surface area contributed by atoms with Gasteiger partial charge in [0.25, 0.3) is 0 Å². The van der Waals surface area contributed by atoms with Crippen molar-refractivity contribution in [3.63, 3.8) is 0 Å². The minimum absolute atomic E-state index is 0.0887. The molecule has 192 valence electrons. The molecule has 0 aromatic heterocycles. The molecule has 4 rings (SSSR count). The van der Waals surface area contributed by atoms with E-state index in [-0.39, 0.29) is 30.1 Å². The van der Waals surface area contributed by atoms with Gasteiger partial charge in [0, 0.05) is 25.6 Å². The van der Waals surface area contributed by atoms with Gasteiger partial charge in [0.1, 0.15) is 23.2 Å². The van der Waals surface area contributed by atoms with Gasteiger partial charge >= 0.3 is 6.09 Å². The van der Waals surface area contributed by atoms with Crippen molar-refractivity contribution in [2.24, 2.45) is 11.8 Å². The second kappa shape index (κ2) is 9.67. The van der Waals surface area contributed by atoms with Gasteiger partial charge in [-0.25, -0.2) is 4.79 Å². The molecule has 10 nitrogen and oxygen atoms in total. The number of carbonyl (C=O) groups is 4. The maximum atomic E-state index is 13.8. The van der Waals surface area contributed by atoms with Crippen molar-refractivity contribution in [1.29, 1.82) is 5.26 Å². The molecular formula is C25H37N5O5. The Morgan fingerprint density at radius 2 is 1.94 bits per heavy atom. The summed E-state index contributed by atoms with van der Waals surface area (Å²) in [6, 6.07) is 0.626. The molecule has 4 amide bonds. The normalized spacial score (nSPS) is 28.1. The number of carbonyl (C=O) groups excluding carboxylic acids is 4. The summed E-state index contributed by atoms with van der Waals surface area (Å²) in [6.07, 6.45) is 4.71. The topological polar surface area (TPSA) is 132 Å². The Morgan fingerprint density at radius 1 is 1.20 bits per heavy atom. The van der Waals surface area contributed by atoms with Gasteiger partial charge in [-0.3, -0.25) is 19.3 Å². The SMILES string of the molecule is CC(C)(C)OC(=O)N1CCC[C@@]12CCN([C@H](CC1CC1)C(=O)N[C@H](C#N)C[C@@H]1CCNC1=O)C2=O. The fraction of sp³-hybridized carbons (Fsp3) is 0.800. The van der Waals surface area contributed by atoms with Gasteiger partial charge in [0.15, 0.2) is 0 Å². The minimum Gasteiger partial charge on any atom is -0.444 e. The van der Waals surface area contributed by atoms with Crippen molar-refractivity contribution in [1.82, 2.24) is 20.4 Å². The van der Waals surface area contributed by atoms with Crippen molar-refractivity contribution >= 4 is 23.8 Å². The quantitative estimate of drug-likeness (QED) is 0.562. The van der Waals surface area contributed by atoms with Gasteiger partial charge in [-0.15, -0.1) is 0 Å². The molecule has 4 fully saturated rings. The van der Waals surface area contributed by atoms with Crippen LogP contribution < -0.4 is 10.6 Å². The van der Waals surface area contributed by atoms with Gasteiger partial charge in [-0.1, -0.05) is 12.8 Å². The first kappa shape index (κ1) is 25.3. The summed E-state index contributed by atoms with van der Waals surface area (Å²) in [4.78, 5) is 55.3. The van der Waals surface area contributed by atoms with Crippen molar-refractivity contribution in [2.75, 3.05) is 19.6 Å². The Morgan fingerprint density at radius 3 is 2.54 bits per heavy atom. The van der Waals surface area contributed by atoms with Crippen LogP contribution in [0.15, 0.2) is 0 Å². The Labute approximate surface area is 206 Å². The molecule has 0 unspecified atom stereocenters. The first-order chi connectivity index (χ1) is 16.5. The van der Waals surface area contributed by atoms with E-state index in [1.807, 2.05) is 0 Å². The number of hydrogen-bond acceptors (Lipinski definition) is 6. The van der Waals surface area contributed by atoms with Gasteiger partial charge < -0.3 is 20.3 Å². The summed E-state index contributed by atoms with van der Waals surface area (Å²) in [5, 5.41) is 15.2. The molecule has 1 saturated carbocycles. The van der Waals surface area contributed by atoms with Gasteiger partial charge in [-0.05, 0) is 65.2 Å². The molecule has 1 aliphatic carbocycles. The summed E-state index contributed by atoms with van der Waals surface area (Å²) < 4.78 is 5.58. The van der Waals surface area contributed by atoms with E-state index in [1.54, 1.807) is 30.6 Å². The highest BCUT2D eigenvalue weighted by Crippen LogP contribution is 2.42. The zero-order chi connectivity index (χ0) is 25.4. The third-order valence-corrected chi connectivity index (χ3v) is 7.62. The summed E-state index contributed by atoms with van der Waals surface area (Å²) in [5.74, 6) is -0.560. The van der Waals surface area contributed by atoms with Crippen molar-refractivity contribution < 1.29 is 23.9 Å². The molecule has 3 heterocycles. The largest absolute Gasteiger partial charge is 0.444 e. The summed E-state index contributed by atoms with van der Waals surface area (Å²) in [5.41, 5.74) is -1.64. The van der Waals surface area contributed by atoms with E-state index in [4.69, 9.17) is 4.74 Å². The Balaban J connectivity index is 1.48. The highest BCUT2D eigenvalue weighted by Gasteiger charge is 2.58. The Kier molecular flexibility index (Phi) is 6.98. The maximum Gasteiger partial charge on any atom is 0.411 e. The summed E-state index contributed by atoms with van der Waals surface area (Å²) >= 11 is 0. The highest BCUT2D eigenvalue weighted by atomic mass is 16.6. The van der Waals surface area contributed by atoms with Crippen LogP contribution in [0.3, 0.4) is 0 Å². The smallest absolute Gasteiger partial charge is 0.411 e. The molecule has 4 aliphatic rings. The highest BCUT2D eigenvalue weighted by molar-refractivity contribution is 5.96. The van der Waals surface area contributed by atoms with E-state index in [2.05, 4.69) is 16.7 Å². The lowest BCUT2D eigenvalue weighted by molar-refractivity contribution is -0.143. The average molecular weight is 488 g/mol. The van der Waals surface area contributed by atoms with Crippen LogP contribution in [0.1, 0.15) is 72.1 Å². The summed E-state index contributed by atoms with van der Waals surface area (Å²) in [7, 11) is 0. The molecule has 35 heavy (non-hydrogen) atoms. The predicted octanol–water partition coefficient (Wildman–Crippen LogP) is 1.69. The second-order valence-corrected chi connectivity index (χ2v) is 11.4. The van der Waals surface area contributed by atoms with E-state index in [9.17, 15) is 24.4 Å². The van der Waals surface area contributed by atoms with Crippen LogP contribution in [-0.2, 0) is 19.1 Å². The lowest BCUT2D eigenvalue weighted by Gasteiger charge is -2.36. The predicted molar refractivity (Wildman–Crippen MR) is 126 cm³/mol. The number of likely N-dealkylation sites (tertiary alicyclic amines) is 2. The molecule has 0 aromatic carbocycles. The van der Waals surface area contributed by atoms with Crippen molar-refractivity contribution in [2.45, 2.75) is 95.4 Å². The zero-order valence-electron chi connectivity index (χ0n) is 21.0. The van der Waals surface area contributed by atoms with Gasteiger partial charge in [0.2, 0.25) is 17.7 Å². The Hall–Kier alpha value is -2.83. The van der Waals surface area contributed by atoms with Gasteiger partial charge in [-0.2, -0.15) is 5.26 Å². The second-order valence-electron chi connectivity index (χ2n) is 11.4. The number of amides is 4. The molecule has 0 bridgehead atoms. The average Bonchev–Trinajstić information content (AvgIpc) is 3.21. The van der Waals surface area contributed by atoms with E-state index < -0.39 is 29.3 Å². The van der Waals surface area contributed by atoms with E-state index in [1.165, 1.54) is 0 Å². The number of hydrogen-bond donors (Lipinski definition) is 2. The molecule has 3 saturated heterocycles. The lowest BCUT2D eigenvalue weighted by atomic mass is 9.94. The van der Waals surface area contributed by atoms with E-state index in [0.29, 0.717) is 57.7 Å². The first-order valence-corrected chi connectivity index (χ1v) is 12.8. The third kappa shape index (κ3) is 5.39. The number of nitrogens with one attached hydrogen (secondary N) is 2. The van der Waals surface area contributed by atoms with Crippen molar-refractivity contribution in [3.8, 4) is 6.07 Å². The maximum absolute atomic E-state index is 13.8. The third-order valence-electron chi connectivity index (χ3n) is 7.62. The van der Waals surface area contributed by atoms with E-state index >= 15 is 0 Å². The monoisotopic (exact) mass is 487 g/mol. The fourth-order valence-corrected chi connectivity index (χ4v) is 5.63. The van der Waals surface area contributed by atoms with Gasteiger partial charge in [0.05, 0.1) is 6.07 Å². The lowest BCUT2D eigenvalue weighted by Crippen LogP contribution is -2.57.